The molecule has 1 heterocycles. The number of halogens is 3. The Morgan fingerprint density at radius 1 is 1.07 bits per heavy atom. The molecule has 0 aliphatic heterocycles. The number of aromatic nitrogens is 2. The molecule has 0 saturated heterocycles. The van der Waals surface area contributed by atoms with Crippen LogP contribution in [-0.2, 0) is 17.5 Å². The Hall–Kier alpha value is -3.42. The van der Waals surface area contributed by atoms with Gasteiger partial charge in [-0.05, 0) is 37.1 Å². The number of carbonyl (C=O) groups is 1. The molecule has 0 amide bonds. The van der Waals surface area contributed by atoms with Crippen molar-refractivity contribution in [2.45, 2.75) is 26.6 Å². The van der Waals surface area contributed by atoms with Crippen molar-refractivity contribution < 1.29 is 22.7 Å². The van der Waals surface area contributed by atoms with Gasteiger partial charge in [0.25, 0.3) is 0 Å². The van der Waals surface area contributed by atoms with Crippen LogP contribution in [0.4, 0.5) is 13.2 Å². The maximum Gasteiger partial charge on any atom is 0.418 e. The van der Waals surface area contributed by atoms with E-state index in [1.54, 1.807) is 12.1 Å². The first kappa shape index (κ1) is 20.3. The molecule has 0 unspecified atom stereocenters. The first-order valence-electron chi connectivity index (χ1n) is 8.67. The predicted molar refractivity (Wildman–Crippen MR) is 99.9 cm³/mol. The lowest BCUT2D eigenvalue weighted by Gasteiger charge is -2.16. The van der Waals surface area contributed by atoms with E-state index in [4.69, 9.17) is 4.74 Å². The van der Waals surface area contributed by atoms with Crippen LogP contribution in [0.2, 0.25) is 0 Å². The van der Waals surface area contributed by atoms with E-state index in [0.717, 1.165) is 27.9 Å². The fraction of sp³-hybridized carbons (Fsp3) is 0.190. The van der Waals surface area contributed by atoms with Gasteiger partial charge in [-0.1, -0.05) is 36.4 Å². The molecule has 0 spiro atoms. The molecule has 29 heavy (non-hydrogen) atoms. The average molecular weight is 402 g/mol. The van der Waals surface area contributed by atoms with E-state index in [1.165, 1.54) is 25.1 Å². The molecule has 0 aliphatic carbocycles. The van der Waals surface area contributed by atoms with Crippen LogP contribution in [0, 0.1) is 13.8 Å². The van der Waals surface area contributed by atoms with E-state index in [0.29, 0.717) is 0 Å². The van der Waals surface area contributed by atoms with E-state index in [1.807, 2.05) is 19.1 Å². The van der Waals surface area contributed by atoms with E-state index in [2.05, 4.69) is 5.10 Å². The summed E-state index contributed by atoms with van der Waals surface area (Å²) in [6.07, 6.45) is -4.63. The van der Waals surface area contributed by atoms with Gasteiger partial charge < -0.3 is 4.74 Å². The third kappa shape index (κ3) is 4.37. The normalized spacial score (nSPS) is 11.3. The number of hydrogen-bond donors (Lipinski definition) is 0. The van der Waals surface area contributed by atoms with Crippen molar-refractivity contribution in [1.82, 2.24) is 9.78 Å². The molecule has 2 aromatic carbocycles. The Kier molecular flexibility index (Phi) is 5.54. The van der Waals surface area contributed by atoms with Crippen LogP contribution in [-0.4, -0.2) is 15.7 Å². The van der Waals surface area contributed by atoms with Gasteiger partial charge in [-0.25, -0.2) is 9.48 Å². The molecule has 1 aromatic heterocycles. The second kappa shape index (κ2) is 7.90. The predicted octanol–water partition coefficient (Wildman–Crippen LogP) is 4.23. The van der Waals surface area contributed by atoms with Crippen molar-refractivity contribution in [1.29, 1.82) is 0 Å². The number of nitrogens with zero attached hydrogens (tertiary/aromatic N) is 2. The molecule has 0 radical (unpaired) electrons. The molecule has 0 fully saturated rings. The Labute approximate surface area is 164 Å². The van der Waals surface area contributed by atoms with E-state index >= 15 is 0 Å². The highest BCUT2D eigenvalue weighted by atomic mass is 19.4. The number of alkyl halides is 3. The summed E-state index contributed by atoms with van der Waals surface area (Å²) in [5.74, 6) is -1.00. The Bertz CT molecular complexity index is 1120. The molecular formula is C21H17F3N2O3. The summed E-state index contributed by atoms with van der Waals surface area (Å²) < 4.78 is 46.2. The number of para-hydroxylation sites is 1. The number of rotatable bonds is 4. The van der Waals surface area contributed by atoms with Crippen LogP contribution in [0.3, 0.4) is 0 Å². The highest BCUT2D eigenvalue weighted by Crippen LogP contribution is 2.33. The molecular weight excluding hydrogens is 385 g/mol. The standard InChI is InChI=1S/C21H17F3N2O3/c1-13-7-3-4-8-15(13)12-29-20(28)19-18(27)11-14(2)26(25-19)17-10-6-5-9-16(17)21(22,23)24/h3-11H,12H2,1-2H3. The smallest absolute Gasteiger partial charge is 0.418 e. The molecule has 8 heteroatoms. The lowest BCUT2D eigenvalue weighted by molar-refractivity contribution is -0.137. The molecule has 0 N–H and O–H groups in total. The number of aryl methyl sites for hydroxylation is 2. The summed E-state index contributed by atoms with van der Waals surface area (Å²) in [7, 11) is 0. The van der Waals surface area contributed by atoms with E-state index in [-0.39, 0.29) is 18.0 Å². The van der Waals surface area contributed by atoms with Crippen molar-refractivity contribution in [3.05, 3.63) is 92.9 Å². The van der Waals surface area contributed by atoms with Gasteiger partial charge in [0.05, 0.1) is 11.3 Å². The van der Waals surface area contributed by atoms with Gasteiger partial charge in [-0.15, -0.1) is 0 Å². The quantitative estimate of drug-likeness (QED) is 0.613. The highest BCUT2D eigenvalue weighted by Gasteiger charge is 2.34. The molecule has 3 aromatic rings. The zero-order valence-corrected chi connectivity index (χ0v) is 15.7. The maximum absolute atomic E-state index is 13.4. The Morgan fingerprint density at radius 3 is 2.41 bits per heavy atom. The second-order valence-electron chi connectivity index (χ2n) is 6.43. The molecule has 3 rings (SSSR count). The number of hydrogen-bond acceptors (Lipinski definition) is 4. The lowest BCUT2D eigenvalue weighted by Crippen LogP contribution is -2.25. The SMILES string of the molecule is Cc1ccccc1COC(=O)c1nn(-c2ccccc2C(F)(F)F)c(C)cc1=O. The molecule has 0 aliphatic rings. The van der Waals surface area contributed by atoms with Crippen molar-refractivity contribution >= 4 is 5.97 Å². The Morgan fingerprint density at radius 2 is 1.72 bits per heavy atom. The fourth-order valence-electron chi connectivity index (χ4n) is 2.81. The molecule has 150 valence electrons. The largest absolute Gasteiger partial charge is 0.456 e. The average Bonchev–Trinajstić information content (AvgIpc) is 2.66. The minimum absolute atomic E-state index is 0.0837. The van der Waals surface area contributed by atoms with Crippen LogP contribution >= 0.6 is 0 Å². The number of ether oxygens (including phenoxy) is 1. The van der Waals surface area contributed by atoms with E-state index < -0.39 is 28.8 Å². The van der Waals surface area contributed by atoms with Crippen molar-refractivity contribution in [2.75, 3.05) is 0 Å². The van der Waals surface area contributed by atoms with Gasteiger partial charge in [0.15, 0.2) is 0 Å². The third-order valence-electron chi connectivity index (χ3n) is 4.36. The topological polar surface area (TPSA) is 61.2 Å². The van der Waals surface area contributed by atoms with Crippen LogP contribution < -0.4 is 5.43 Å². The lowest BCUT2D eigenvalue weighted by atomic mass is 10.1. The van der Waals surface area contributed by atoms with Crippen LogP contribution in [0.15, 0.2) is 59.4 Å². The van der Waals surface area contributed by atoms with Crippen molar-refractivity contribution in [3.63, 3.8) is 0 Å². The van der Waals surface area contributed by atoms with Gasteiger partial charge in [-0.2, -0.15) is 18.3 Å². The van der Waals surface area contributed by atoms with E-state index in [9.17, 15) is 22.8 Å². The van der Waals surface area contributed by atoms with Gasteiger partial charge in [-0.3, -0.25) is 4.79 Å². The zero-order chi connectivity index (χ0) is 21.2. The number of carbonyl (C=O) groups excluding carboxylic acids is 1. The molecule has 0 bridgehead atoms. The first-order valence-corrected chi connectivity index (χ1v) is 8.67. The second-order valence-corrected chi connectivity index (χ2v) is 6.43. The van der Waals surface area contributed by atoms with Gasteiger partial charge in [0.1, 0.15) is 6.61 Å². The molecule has 0 saturated carbocycles. The number of esters is 1. The van der Waals surface area contributed by atoms with Gasteiger partial charge >= 0.3 is 12.1 Å². The van der Waals surface area contributed by atoms with Crippen molar-refractivity contribution in [3.8, 4) is 5.69 Å². The van der Waals surface area contributed by atoms with Crippen LogP contribution in [0.25, 0.3) is 5.69 Å². The minimum atomic E-state index is -4.63. The molecule has 5 nitrogen and oxygen atoms in total. The third-order valence-corrected chi connectivity index (χ3v) is 4.36. The van der Waals surface area contributed by atoms with Crippen LogP contribution in [0.1, 0.15) is 32.9 Å². The highest BCUT2D eigenvalue weighted by molar-refractivity contribution is 5.87. The Balaban J connectivity index is 1.98. The van der Waals surface area contributed by atoms with Crippen LogP contribution in [0.5, 0.6) is 0 Å². The summed E-state index contributed by atoms with van der Waals surface area (Å²) in [6, 6.07) is 13.1. The minimum Gasteiger partial charge on any atom is -0.456 e. The summed E-state index contributed by atoms with van der Waals surface area (Å²) in [4.78, 5) is 24.6. The summed E-state index contributed by atoms with van der Waals surface area (Å²) in [5, 5.41) is 3.88. The first-order chi connectivity index (χ1) is 13.7. The summed E-state index contributed by atoms with van der Waals surface area (Å²) in [6.45, 7) is 3.19. The van der Waals surface area contributed by atoms with Gasteiger partial charge in [0.2, 0.25) is 11.1 Å². The summed E-state index contributed by atoms with van der Waals surface area (Å²) in [5.41, 5.74) is -0.727. The summed E-state index contributed by atoms with van der Waals surface area (Å²) >= 11 is 0. The van der Waals surface area contributed by atoms with Gasteiger partial charge in [0, 0.05) is 11.8 Å². The maximum atomic E-state index is 13.4. The number of benzene rings is 2. The monoisotopic (exact) mass is 402 g/mol. The zero-order valence-electron chi connectivity index (χ0n) is 15.7. The molecule has 0 atom stereocenters. The van der Waals surface area contributed by atoms with Crippen molar-refractivity contribution in [2.24, 2.45) is 0 Å². The fourth-order valence-corrected chi connectivity index (χ4v) is 2.81.